The Hall–Kier alpha value is -2.89. The van der Waals surface area contributed by atoms with Crippen molar-refractivity contribution in [1.29, 1.82) is 0 Å². The summed E-state index contributed by atoms with van der Waals surface area (Å²) in [4.78, 5) is 5.62. The topological polar surface area (TPSA) is 67.9 Å². The lowest BCUT2D eigenvalue weighted by molar-refractivity contribution is -0.0255. The number of aromatic amines is 2. The molecule has 5 nitrogen and oxygen atoms in total. The van der Waals surface area contributed by atoms with Crippen molar-refractivity contribution in [3.05, 3.63) is 78.1 Å². The second-order valence-corrected chi connectivity index (χ2v) is 7.32. The first-order valence-corrected chi connectivity index (χ1v) is 9.34. The van der Waals surface area contributed by atoms with Crippen LogP contribution in [0, 0.1) is 0 Å². The van der Waals surface area contributed by atoms with E-state index >= 15 is 0 Å². The van der Waals surface area contributed by atoms with E-state index in [1.165, 1.54) is 16.5 Å². The predicted octanol–water partition coefficient (Wildman–Crippen LogP) is 3.52. The summed E-state index contributed by atoms with van der Waals surface area (Å²) in [7, 11) is 0. The van der Waals surface area contributed by atoms with Crippen molar-refractivity contribution in [3.63, 3.8) is 0 Å². The fourth-order valence-corrected chi connectivity index (χ4v) is 3.94. The van der Waals surface area contributed by atoms with Gasteiger partial charge >= 0.3 is 0 Å². The summed E-state index contributed by atoms with van der Waals surface area (Å²) in [6.45, 7) is 1.48. The van der Waals surface area contributed by atoms with Crippen molar-refractivity contribution in [2.75, 3.05) is 13.1 Å². The number of β-amino-alcohol motifs (C(OH)–C–C–N with tert-alkyl or cyclic N) is 1. The van der Waals surface area contributed by atoms with Crippen molar-refractivity contribution in [3.8, 4) is 11.3 Å². The second kappa shape index (κ2) is 6.68. The zero-order chi connectivity index (χ0) is 18.2. The van der Waals surface area contributed by atoms with E-state index in [-0.39, 0.29) is 12.1 Å². The van der Waals surface area contributed by atoms with Crippen LogP contribution < -0.4 is 0 Å². The molecular formula is C22H22N4O. The van der Waals surface area contributed by atoms with E-state index in [0.717, 1.165) is 36.3 Å². The molecule has 1 fully saturated rings. The van der Waals surface area contributed by atoms with Gasteiger partial charge in [-0.1, -0.05) is 30.3 Å². The van der Waals surface area contributed by atoms with Crippen LogP contribution in [0.3, 0.4) is 0 Å². The monoisotopic (exact) mass is 358 g/mol. The van der Waals surface area contributed by atoms with E-state index in [9.17, 15) is 5.11 Å². The summed E-state index contributed by atoms with van der Waals surface area (Å²) in [5.41, 5.74) is 5.92. The van der Waals surface area contributed by atoms with E-state index in [2.05, 4.69) is 68.6 Å². The maximum Gasteiger partial charge on any atom is 0.0794 e. The van der Waals surface area contributed by atoms with Gasteiger partial charge in [0.05, 0.1) is 11.8 Å². The highest BCUT2D eigenvalue weighted by Gasteiger charge is 2.32. The van der Waals surface area contributed by atoms with Gasteiger partial charge in [0.25, 0.3) is 0 Å². The van der Waals surface area contributed by atoms with Crippen molar-refractivity contribution >= 4 is 10.9 Å². The van der Waals surface area contributed by atoms with Crippen LogP contribution in [0.1, 0.15) is 17.2 Å². The van der Waals surface area contributed by atoms with Crippen LogP contribution in [0.4, 0.5) is 0 Å². The summed E-state index contributed by atoms with van der Waals surface area (Å²) < 4.78 is 0. The van der Waals surface area contributed by atoms with E-state index < -0.39 is 0 Å². The molecule has 1 saturated heterocycles. The molecular weight excluding hydrogens is 336 g/mol. The Morgan fingerprint density at radius 2 is 1.93 bits per heavy atom. The quantitative estimate of drug-likeness (QED) is 0.511. The zero-order valence-electron chi connectivity index (χ0n) is 15.0. The highest BCUT2D eigenvalue weighted by atomic mass is 16.3. The minimum Gasteiger partial charge on any atom is -0.390 e. The highest BCUT2D eigenvalue weighted by Crippen LogP contribution is 2.31. The molecule has 2 aromatic carbocycles. The Bertz CT molecular complexity index is 1030. The Morgan fingerprint density at radius 1 is 1.07 bits per heavy atom. The molecule has 0 bridgehead atoms. The minimum absolute atomic E-state index is 0.203. The molecule has 1 aliphatic heterocycles. The number of nitrogens with one attached hydrogen (secondary N) is 2. The molecule has 0 spiro atoms. The van der Waals surface area contributed by atoms with Crippen LogP contribution in [0.5, 0.6) is 0 Å². The standard InChI is InChI=1S/C22H22N4O/c27-19-13-26(14-19)22(18-5-6-20-17(12-18)7-9-23-20)11-15-1-3-16(4-2-15)21-8-10-24-25-21/h1-10,12,19,22-23,27H,11,13-14H2,(H,24,25). The molecule has 136 valence electrons. The van der Waals surface area contributed by atoms with Crippen LogP contribution in [-0.2, 0) is 6.42 Å². The predicted molar refractivity (Wildman–Crippen MR) is 106 cm³/mol. The molecule has 4 aromatic rings. The number of aliphatic hydroxyl groups excluding tert-OH is 1. The van der Waals surface area contributed by atoms with Gasteiger partial charge in [-0.15, -0.1) is 0 Å². The fraction of sp³-hybridized carbons (Fsp3) is 0.227. The minimum atomic E-state index is -0.203. The third kappa shape index (κ3) is 3.16. The van der Waals surface area contributed by atoms with Crippen molar-refractivity contribution in [2.45, 2.75) is 18.6 Å². The third-order valence-corrected chi connectivity index (χ3v) is 5.49. The first kappa shape index (κ1) is 16.3. The van der Waals surface area contributed by atoms with Gasteiger partial charge in [-0.2, -0.15) is 5.10 Å². The smallest absolute Gasteiger partial charge is 0.0794 e. The average molecular weight is 358 g/mol. The van der Waals surface area contributed by atoms with Gasteiger partial charge in [-0.3, -0.25) is 10.00 Å². The van der Waals surface area contributed by atoms with Gasteiger partial charge in [0.2, 0.25) is 0 Å². The Morgan fingerprint density at radius 3 is 2.67 bits per heavy atom. The summed E-state index contributed by atoms with van der Waals surface area (Å²) in [5.74, 6) is 0. The average Bonchev–Trinajstić information content (AvgIpc) is 3.35. The Balaban J connectivity index is 1.42. The molecule has 0 saturated carbocycles. The normalized spacial score (nSPS) is 16.5. The number of benzene rings is 2. The molecule has 3 heterocycles. The summed E-state index contributed by atoms with van der Waals surface area (Å²) in [5, 5.41) is 18.1. The molecule has 3 N–H and O–H groups in total. The van der Waals surface area contributed by atoms with Gasteiger partial charge in [-0.05, 0) is 52.8 Å². The Kier molecular flexibility index (Phi) is 4.03. The summed E-state index contributed by atoms with van der Waals surface area (Å²) in [6.07, 6.45) is 4.47. The molecule has 5 rings (SSSR count). The number of nitrogens with zero attached hydrogens (tertiary/aromatic N) is 2. The number of hydrogen-bond donors (Lipinski definition) is 3. The van der Waals surface area contributed by atoms with Crippen LogP contribution in [0.2, 0.25) is 0 Å². The van der Waals surface area contributed by atoms with Crippen molar-refractivity contribution in [1.82, 2.24) is 20.1 Å². The number of aliphatic hydroxyl groups is 1. The van der Waals surface area contributed by atoms with Gasteiger partial charge in [0.15, 0.2) is 0 Å². The van der Waals surface area contributed by atoms with Crippen LogP contribution in [0.25, 0.3) is 22.2 Å². The maximum atomic E-state index is 9.80. The number of likely N-dealkylation sites (tertiary alicyclic amines) is 1. The molecule has 1 atom stereocenters. The van der Waals surface area contributed by atoms with E-state index in [1.54, 1.807) is 6.20 Å². The summed E-state index contributed by atoms with van der Waals surface area (Å²) in [6, 6.07) is 19.6. The molecule has 2 aromatic heterocycles. The van der Waals surface area contributed by atoms with Crippen molar-refractivity contribution in [2.24, 2.45) is 0 Å². The SMILES string of the molecule is OC1CN(C(Cc2ccc(-c3ccn[nH]3)cc2)c2ccc3[nH]ccc3c2)C1. The molecule has 0 aliphatic carbocycles. The Labute approximate surface area is 157 Å². The van der Waals surface area contributed by atoms with Gasteiger partial charge < -0.3 is 10.1 Å². The van der Waals surface area contributed by atoms with Crippen LogP contribution in [-0.4, -0.2) is 44.4 Å². The van der Waals surface area contributed by atoms with Crippen LogP contribution >= 0.6 is 0 Å². The number of H-pyrrole nitrogens is 2. The molecule has 27 heavy (non-hydrogen) atoms. The van der Waals surface area contributed by atoms with E-state index in [1.807, 2.05) is 12.3 Å². The lowest BCUT2D eigenvalue weighted by Crippen LogP contribution is -2.52. The fourth-order valence-electron chi connectivity index (χ4n) is 3.94. The summed E-state index contributed by atoms with van der Waals surface area (Å²) >= 11 is 0. The third-order valence-electron chi connectivity index (χ3n) is 5.49. The lowest BCUT2D eigenvalue weighted by Gasteiger charge is -2.42. The first-order chi connectivity index (χ1) is 13.3. The number of rotatable bonds is 5. The number of hydrogen-bond acceptors (Lipinski definition) is 3. The van der Waals surface area contributed by atoms with E-state index in [4.69, 9.17) is 0 Å². The molecule has 1 aliphatic rings. The molecule has 0 radical (unpaired) electrons. The number of fused-ring (bicyclic) bond motifs is 1. The van der Waals surface area contributed by atoms with Crippen molar-refractivity contribution < 1.29 is 5.11 Å². The molecule has 0 amide bonds. The lowest BCUT2D eigenvalue weighted by atomic mass is 9.93. The largest absolute Gasteiger partial charge is 0.390 e. The molecule has 5 heteroatoms. The molecule has 1 unspecified atom stereocenters. The number of aromatic nitrogens is 3. The first-order valence-electron chi connectivity index (χ1n) is 9.34. The van der Waals surface area contributed by atoms with Gasteiger partial charge in [0, 0.05) is 37.0 Å². The van der Waals surface area contributed by atoms with Crippen LogP contribution in [0.15, 0.2) is 67.0 Å². The van der Waals surface area contributed by atoms with Gasteiger partial charge in [0.1, 0.15) is 0 Å². The van der Waals surface area contributed by atoms with Gasteiger partial charge in [-0.25, -0.2) is 0 Å². The second-order valence-electron chi connectivity index (χ2n) is 7.32. The zero-order valence-corrected chi connectivity index (χ0v) is 15.0. The highest BCUT2D eigenvalue weighted by molar-refractivity contribution is 5.80. The maximum absolute atomic E-state index is 9.80. The van der Waals surface area contributed by atoms with E-state index in [0.29, 0.717) is 0 Å².